The van der Waals surface area contributed by atoms with Crippen LogP contribution in [0.25, 0.3) is 10.2 Å². The molecule has 0 atom stereocenters. The van der Waals surface area contributed by atoms with Crippen LogP contribution in [0.4, 0.5) is 9.52 Å². The third kappa shape index (κ3) is 3.32. The number of rotatable bonds is 4. The largest absolute Gasteiger partial charge is 0.348 e. The molecular formula is C17H22FN3OS. The Morgan fingerprint density at radius 3 is 2.70 bits per heavy atom. The number of hydrogen-bond acceptors (Lipinski definition) is 4. The Balaban J connectivity index is 1.67. The number of carbonyl (C=O) groups excluding carboxylic acids is 1. The van der Waals surface area contributed by atoms with Gasteiger partial charge in [0.05, 0.1) is 10.2 Å². The van der Waals surface area contributed by atoms with Crippen LogP contribution in [0.1, 0.15) is 26.7 Å². The van der Waals surface area contributed by atoms with Gasteiger partial charge in [0.25, 0.3) is 0 Å². The molecule has 0 unspecified atom stereocenters. The summed E-state index contributed by atoms with van der Waals surface area (Å²) < 4.78 is 14.2. The molecule has 1 aromatic heterocycles. The lowest BCUT2D eigenvalue weighted by atomic mass is 9.95. The van der Waals surface area contributed by atoms with Gasteiger partial charge in [-0.2, -0.15) is 0 Å². The van der Waals surface area contributed by atoms with Crippen LogP contribution < -0.4 is 4.90 Å². The molecule has 1 aromatic carbocycles. The molecule has 0 aliphatic carbocycles. The number of hydrogen-bond donors (Lipinski definition) is 0. The van der Waals surface area contributed by atoms with Gasteiger partial charge in [-0.3, -0.25) is 4.79 Å². The van der Waals surface area contributed by atoms with Gasteiger partial charge in [0, 0.05) is 32.1 Å². The number of benzene rings is 1. The van der Waals surface area contributed by atoms with Gasteiger partial charge in [-0.1, -0.05) is 11.3 Å². The highest BCUT2D eigenvalue weighted by atomic mass is 32.1. The Labute approximate surface area is 139 Å². The van der Waals surface area contributed by atoms with Crippen LogP contribution in [-0.2, 0) is 4.79 Å². The summed E-state index contributed by atoms with van der Waals surface area (Å²) in [6, 6.07) is 4.70. The molecule has 0 saturated carbocycles. The van der Waals surface area contributed by atoms with Gasteiger partial charge in [0.2, 0.25) is 5.91 Å². The van der Waals surface area contributed by atoms with Crippen molar-refractivity contribution in [2.24, 2.45) is 5.92 Å². The fourth-order valence-corrected chi connectivity index (χ4v) is 4.17. The molecule has 23 heavy (non-hydrogen) atoms. The number of halogens is 1. The van der Waals surface area contributed by atoms with E-state index in [0.29, 0.717) is 0 Å². The minimum absolute atomic E-state index is 0.123. The van der Waals surface area contributed by atoms with Gasteiger partial charge >= 0.3 is 0 Å². The molecule has 1 fully saturated rings. The quantitative estimate of drug-likeness (QED) is 0.858. The first-order chi connectivity index (χ1) is 11.1. The van der Waals surface area contributed by atoms with Crippen LogP contribution in [0.2, 0.25) is 0 Å². The number of amides is 1. The van der Waals surface area contributed by atoms with Crippen LogP contribution in [-0.4, -0.2) is 42.0 Å². The van der Waals surface area contributed by atoms with Crippen molar-refractivity contribution in [1.82, 2.24) is 9.88 Å². The number of aromatic nitrogens is 1. The lowest BCUT2D eigenvalue weighted by Crippen LogP contribution is -2.42. The van der Waals surface area contributed by atoms with E-state index in [1.165, 1.54) is 23.5 Å². The summed E-state index contributed by atoms with van der Waals surface area (Å²) in [7, 11) is 0. The summed E-state index contributed by atoms with van der Waals surface area (Å²) in [6.45, 7) is 7.27. The van der Waals surface area contributed by atoms with Crippen LogP contribution >= 0.6 is 11.3 Å². The van der Waals surface area contributed by atoms with Crippen molar-refractivity contribution < 1.29 is 9.18 Å². The first kappa shape index (κ1) is 16.2. The fraction of sp³-hybridized carbons (Fsp3) is 0.529. The van der Waals surface area contributed by atoms with Crippen LogP contribution in [0.15, 0.2) is 18.2 Å². The van der Waals surface area contributed by atoms with E-state index < -0.39 is 0 Å². The minimum Gasteiger partial charge on any atom is -0.348 e. The molecule has 0 radical (unpaired) electrons. The molecule has 1 amide bonds. The molecule has 2 aromatic rings. The zero-order chi connectivity index (χ0) is 16.4. The first-order valence-electron chi connectivity index (χ1n) is 8.22. The summed E-state index contributed by atoms with van der Waals surface area (Å²) in [4.78, 5) is 21.2. The summed E-state index contributed by atoms with van der Waals surface area (Å²) in [6.07, 6.45) is 1.72. The predicted octanol–water partition coefficient (Wildman–Crippen LogP) is 3.52. The molecule has 1 aliphatic rings. The number of anilines is 1. The van der Waals surface area contributed by atoms with Crippen molar-refractivity contribution in [3.05, 3.63) is 24.0 Å². The highest BCUT2D eigenvalue weighted by molar-refractivity contribution is 7.22. The van der Waals surface area contributed by atoms with Gasteiger partial charge in [-0.25, -0.2) is 9.37 Å². The van der Waals surface area contributed by atoms with Crippen molar-refractivity contribution in [1.29, 1.82) is 0 Å². The van der Waals surface area contributed by atoms with Gasteiger partial charge in [-0.15, -0.1) is 0 Å². The average Bonchev–Trinajstić information content (AvgIpc) is 2.99. The third-order valence-electron chi connectivity index (χ3n) is 4.53. The van der Waals surface area contributed by atoms with Gasteiger partial charge in [-0.05, 0) is 44.9 Å². The number of carbonyl (C=O) groups is 1. The van der Waals surface area contributed by atoms with Crippen molar-refractivity contribution >= 4 is 32.6 Å². The Hall–Kier alpha value is -1.69. The maximum atomic E-state index is 13.3. The molecule has 1 aliphatic heterocycles. The average molecular weight is 335 g/mol. The first-order valence-corrected chi connectivity index (χ1v) is 9.03. The maximum Gasteiger partial charge on any atom is 0.225 e. The smallest absolute Gasteiger partial charge is 0.225 e. The lowest BCUT2D eigenvalue weighted by molar-refractivity contribution is -0.135. The molecule has 3 rings (SSSR count). The predicted molar refractivity (Wildman–Crippen MR) is 92.4 cm³/mol. The number of fused-ring (bicyclic) bond motifs is 1. The summed E-state index contributed by atoms with van der Waals surface area (Å²) in [5.41, 5.74) is 0.841. The molecular weight excluding hydrogens is 313 g/mol. The fourth-order valence-electron chi connectivity index (χ4n) is 3.13. The number of thiazole rings is 1. The molecule has 124 valence electrons. The Morgan fingerprint density at radius 2 is 2.04 bits per heavy atom. The summed E-state index contributed by atoms with van der Waals surface area (Å²) in [5, 5.41) is 0.930. The van der Waals surface area contributed by atoms with E-state index in [1.807, 2.05) is 18.7 Å². The molecule has 2 heterocycles. The topological polar surface area (TPSA) is 36.4 Å². The normalized spacial score (nSPS) is 16.0. The van der Waals surface area contributed by atoms with Crippen molar-refractivity contribution in [2.75, 3.05) is 31.1 Å². The van der Waals surface area contributed by atoms with Gasteiger partial charge in [0.15, 0.2) is 5.13 Å². The zero-order valence-electron chi connectivity index (χ0n) is 13.6. The van der Waals surface area contributed by atoms with E-state index in [-0.39, 0.29) is 17.6 Å². The Bertz CT molecular complexity index is 690. The monoisotopic (exact) mass is 335 g/mol. The number of nitrogens with zero attached hydrogens (tertiary/aromatic N) is 3. The molecule has 6 heteroatoms. The molecule has 4 nitrogen and oxygen atoms in total. The molecule has 0 spiro atoms. The standard InChI is InChI=1S/C17H22FN3OS/c1-3-20(4-2)16(22)12-7-9-21(10-8-12)17-19-14-6-5-13(18)11-15(14)23-17/h5-6,11-12H,3-4,7-10H2,1-2H3. The minimum atomic E-state index is -0.226. The van der Waals surface area contributed by atoms with E-state index in [4.69, 9.17) is 0 Å². The summed E-state index contributed by atoms with van der Waals surface area (Å²) in [5.74, 6) is 0.176. The van der Waals surface area contributed by atoms with Crippen LogP contribution in [0, 0.1) is 11.7 Å². The van der Waals surface area contributed by atoms with Crippen molar-refractivity contribution in [3.63, 3.8) is 0 Å². The second kappa shape index (κ2) is 6.83. The van der Waals surface area contributed by atoms with Gasteiger partial charge in [0.1, 0.15) is 5.82 Å². The van der Waals surface area contributed by atoms with E-state index in [0.717, 1.165) is 54.4 Å². The van der Waals surface area contributed by atoms with Gasteiger partial charge < -0.3 is 9.80 Å². The second-order valence-corrected chi connectivity index (χ2v) is 6.89. The highest BCUT2D eigenvalue weighted by Gasteiger charge is 2.28. The summed E-state index contributed by atoms with van der Waals surface area (Å²) >= 11 is 1.52. The van der Waals surface area contributed by atoms with E-state index in [9.17, 15) is 9.18 Å². The zero-order valence-corrected chi connectivity index (χ0v) is 14.4. The lowest BCUT2D eigenvalue weighted by Gasteiger charge is -2.33. The molecule has 0 N–H and O–H groups in total. The van der Waals surface area contributed by atoms with Crippen LogP contribution in [0.3, 0.4) is 0 Å². The number of piperidine rings is 1. The van der Waals surface area contributed by atoms with Crippen LogP contribution in [0.5, 0.6) is 0 Å². The highest BCUT2D eigenvalue weighted by Crippen LogP contribution is 2.32. The van der Waals surface area contributed by atoms with E-state index >= 15 is 0 Å². The SMILES string of the molecule is CCN(CC)C(=O)C1CCN(c2nc3ccc(F)cc3s2)CC1. The van der Waals surface area contributed by atoms with E-state index in [1.54, 1.807) is 6.07 Å². The van der Waals surface area contributed by atoms with Crippen molar-refractivity contribution in [2.45, 2.75) is 26.7 Å². The molecule has 0 bridgehead atoms. The molecule has 1 saturated heterocycles. The van der Waals surface area contributed by atoms with E-state index in [2.05, 4.69) is 9.88 Å². The Morgan fingerprint density at radius 1 is 1.35 bits per heavy atom. The Kier molecular flexibility index (Phi) is 4.80. The second-order valence-electron chi connectivity index (χ2n) is 5.88. The maximum absolute atomic E-state index is 13.3. The van der Waals surface area contributed by atoms with Crippen molar-refractivity contribution in [3.8, 4) is 0 Å². The third-order valence-corrected chi connectivity index (χ3v) is 5.61.